The molecule has 1 aliphatic heterocycles. The molecular formula is C30H34N3O4SY-. The van der Waals surface area contributed by atoms with Gasteiger partial charge < -0.3 is 26.8 Å². The number of hydrogen-bond acceptors (Lipinski definition) is 6. The van der Waals surface area contributed by atoms with Crippen LogP contribution in [0.2, 0.25) is 0 Å². The standard InChI is InChI=1S/C30H34N3O4S.Y/c1-3-31-29(35)26-13-14-27(38-26)30(36)32(2)19-20-33-17-15-24(16-18-33)37-28(34)21-23-11-7-8-12-25(23)22-9-5-4-6-10-22;/h4-14,24H,1,3,15-21H2,2H3,(H,31,35);/q-1;. The molecule has 0 aliphatic carbocycles. The fourth-order valence-electron chi connectivity index (χ4n) is 4.56. The van der Waals surface area contributed by atoms with Crippen LogP contribution in [0.5, 0.6) is 0 Å². The zero-order valence-electron chi connectivity index (χ0n) is 22.3. The van der Waals surface area contributed by atoms with Crippen molar-refractivity contribution in [1.29, 1.82) is 0 Å². The number of likely N-dealkylation sites (tertiary alicyclic amines) is 1. The van der Waals surface area contributed by atoms with Crippen LogP contribution in [-0.2, 0) is 48.7 Å². The molecule has 1 N–H and O–H groups in total. The molecule has 3 aromatic rings. The molecule has 2 aromatic carbocycles. The quantitative estimate of drug-likeness (QED) is 0.270. The summed E-state index contributed by atoms with van der Waals surface area (Å²) in [6.45, 7) is 6.86. The summed E-state index contributed by atoms with van der Waals surface area (Å²) in [5.74, 6) is -0.504. The Kier molecular flexibility index (Phi) is 12.3. The fraction of sp³-hybridized carbons (Fsp3) is 0.333. The van der Waals surface area contributed by atoms with Crippen molar-refractivity contribution in [1.82, 2.24) is 15.1 Å². The van der Waals surface area contributed by atoms with E-state index >= 15 is 0 Å². The maximum absolute atomic E-state index is 12.8. The van der Waals surface area contributed by atoms with Crippen molar-refractivity contribution in [3.63, 3.8) is 0 Å². The number of piperidine rings is 1. The molecule has 1 fully saturated rings. The van der Waals surface area contributed by atoms with Gasteiger partial charge in [-0.3, -0.25) is 14.4 Å². The van der Waals surface area contributed by atoms with E-state index in [0.29, 0.717) is 22.8 Å². The third kappa shape index (κ3) is 8.80. The molecule has 1 radical (unpaired) electrons. The van der Waals surface area contributed by atoms with Gasteiger partial charge in [-0.25, -0.2) is 0 Å². The minimum Gasteiger partial charge on any atom is -0.462 e. The number of rotatable bonds is 10. The molecule has 0 spiro atoms. The number of nitrogens with one attached hydrogen (secondary N) is 1. The van der Waals surface area contributed by atoms with Crippen LogP contribution < -0.4 is 5.32 Å². The van der Waals surface area contributed by atoms with Crippen molar-refractivity contribution >= 4 is 29.1 Å². The van der Waals surface area contributed by atoms with Gasteiger partial charge in [-0.15, -0.1) is 17.9 Å². The van der Waals surface area contributed by atoms with Crippen LogP contribution >= 0.6 is 11.3 Å². The number of hydrogen-bond donors (Lipinski definition) is 1. The molecule has 2 heterocycles. The third-order valence-corrected chi connectivity index (χ3v) is 7.77. The van der Waals surface area contributed by atoms with Crippen molar-refractivity contribution in [3.8, 4) is 11.1 Å². The number of nitrogens with zero attached hydrogens (tertiary/aromatic N) is 2. The first-order chi connectivity index (χ1) is 18.4. The maximum Gasteiger partial charge on any atom is 0.310 e. The largest absolute Gasteiger partial charge is 0.462 e. The Morgan fingerprint density at radius 1 is 1.00 bits per heavy atom. The predicted octanol–water partition coefficient (Wildman–Crippen LogP) is 4.30. The van der Waals surface area contributed by atoms with Crippen LogP contribution in [0.4, 0.5) is 0 Å². The summed E-state index contributed by atoms with van der Waals surface area (Å²) >= 11 is 1.19. The molecule has 9 heteroatoms. The van der Waals surface area contributed by atoms with Gasteiger partial charge in [-0.05, 0) is 41.7 Å². The Morgan fingerprint density at radius 2 is 1.67 bits per heavy atom. The Hall–Kier alpha value is -2.39. The molecular weight excluding hydrogens is 587 g/mol. The van der Waals surface area contributed by atoms with Crippen molar-refractivity contribution in [3.05, 3.63) is 89.0 Å². The Balaban J connectivity index is 0.00000420. The van der Waals surface area contributed by atoms with Gasteiger partial charge in [0.05, 0.1) is 16.2 Å². The van der Waals surface area contributed by atoms with Gasteiger partial charge in [0.15, 0.2) is 0 Å². The number of carbonyl (C=O) groups excluding carboxylic acids is 3. The number of likely N-dealkylation sites (N-methyl/N-ethyl adjacent to an activating group) is 1. The van der Waals surface area contributed by atoms with E-state index in [1.54, 1.807) is 24.1 Å². The second kappa shape index (κ2) is 15.4. The van der Waals surface area contributed by atoms with E-state index in [-0.39, 0.29) is 63.0 Å². The van der Waals surface area contributed by atoms with Crippen LogP contribution in [0.3, 0.4) is 0 Å². The van der Waals surface area contributed by atoms with E-state index in [0.717, 1.165) is 49.2 Å². The first-order valence-corrected chi connectivity index (χ1v) is 13.7. The number of thiophene rings is 1. The SMILES string of the molecule is [CH2-]CNC(=O)c1ccc(C(=O)N(C)CCN2CCC(OC(=O)Cc3ccccc3-c3ccccc3)CC2)s1.[Y]. The summed E-state index contributed by atoms with van der Waals surface area (Å²) in [6, 6.07) is 21.4. The van der Waals surface area contributed by atoms with Crippen molar-refractivity contribution < 1.29 is 51.8 Å². The minimum atomic E-state index is -0.212. The van der Waals surface area contributed by atoms with E-state index in [1.807, 2.05) is 54.6 Å². The van der Waals surface area contributed by atoms with E-state index in [2.05, 4.69) is 17.1 Å². The van der Waals surface area contributed by atoms with Crippen LogP contribution in [-0.4, -0.2) is 73.5 Å². The van der Waals surface area contributed by atoms with Gasteiger partial charge in [0.25, 0.3) is 11.8 Å². The average molecular weight is 622 g/mol. The van der Waals surface area contributed by atoms with Gasteiger partial charge in [0, 0.05) is 65.9 Å². The first-order valence-electron chi connectivity index (χ1n) is 12.9. The fourth-order valence-corrected chi connectivity index (χ4v) is 5.48. The molecule has 0 unspecified atom stereocenters. The molecule has 4 rings (SSSR count). The predicted molar refractivity (Wildman–Crippen MR) is 150 cm³/mol. The average Bonchev–Trinajstić information content (AvgIpc) is 3.44. The Bertz CT molecular complexity index is 1240. The van der Waals surface area contributed by atoms with E-state index in [9.17, 15) is 14.4 Å². The number of esters is 1. The Labute approximate surface area is 259 Å². The van der Waals surface area contributed by atoms with Crippen molar-refractivity contribution in [2.45, 2.75) is 25.4 Å². The smallest absolute Gasteiger partial charge is 0.310 e. The second-order valence-electron chi connectivity index (χ2n) is 9.38. The first kappa shape index (κ1) is 31.1. The van der Waals surface area contributed by atoms with Gasteiger partial charge >= 0.3 is 5.97 Å². The van der Waals surface area contributed by atoms with E-state index in [4.69, 9.17) is 4.74 Å². The molecule has 1 aromatic heterocycles. The second-order valence-corrected chi connectivity index (χ2v) is 10.5. The molecule has 1 saturated heterocycles. The third-order valence-electron chi connectivity index (χ3n) is 6.69. The van der Waals surface area contributed by atoms with E-state index in [1.165, 1.54) is 11.3 Å². The van der Waals surface area contributed by atoms with Gasteiger partial charge in [-0.2, -0.15) is 0 Å². The van der Waals surface area contributed by atoms with Crippen LogP contribution in [0.25, 0.3) is 11.1 Å². The molecule has 0 atom stereocenters. The number of benzene rings is 2. The zero-order chi connectivity index (χ0) is 26.9. The minimum absolute atomic E-state index is 0. The number of amides is 2. The molecule has 1 aliphatic rings. The summed E-state index contributed by atoms with van der Waals surface area (Å²) < 4.78 is 5.83. The molecule has 0 bridgehead atoms. The summed E-state index contributed by atoms with van der Waals surface area (Å²) in [7, 11) is 1.78. The van der Waals surface area contributed by atoms with Crippen LogP contribution in [0, 0.1) is 6.92 Å². The zero-order valence-corrected chi connectivity index (χ0v) is 26.0. The Morgan fingerprint density at radius 3 is 2.38 bits per heavy atom. The molecule has 2 amide bonds. The topological polar surface area (TPSA) is 79.0 Å². The van der Waals surface area contributed by atoms with Crippen LogP contribution in [0.1, 0.15) is 37.7 Å². The number of ether oxygens (including phenoxy) is 1. The van der Waals surface area contributed by atoms with Gasteiger partial charge in [0.1, 0.15) is 6.10 Å². The molecule has 7 nitrogen and oxygen atoms in total. The monoisotopic (exact) mass is 621 g/mol. The summed E-state index contributed by atoms with van der Waals surface area (Å²) in [6.07, 6.45) is 1.72. The van der Waals surface area contributed by atoms with Crippen molar-refractivity contribution in [2.75, 3.05) is 39.8 Å². The normalized spacial score (nSPS) is 13.8. The van der Waals surface area contributed by atoms with Crippen molar-refractivity contribution in [2.24, 2.45) is 0 Å². The van der Waals surface area contributed by atoms with Gasteiger partial charge in [0.2, 0.25) is 0 Å². The summed E-state index contributed by atoms with van der Waals surface area (Å²) in [4.78, 5) is 42.5. The van der Waals surface area contributed by atoms with Gasteiger partial charge in [-0.1, -0.05) is 54.6 Å². The number of carbonyl (C=O) groups is 3. The summed E-state index contributed by atoms with van der Waals surface area (Å²) in [5, 5.41) is 2.65. The summed E-state index contributed by atoms with van der Waals surface area (Å²) in [5.41, 5.74) is 3.11. The van der Waals surface area contributed by atoms with Crippen LogP contribution in [0.15, 0.2) is 66.7 Å². The molecule has 0 saturated carbocycles. The maximum atomic E-state index is 12.8. The molecule has 39 heavy (non-hydrogen) atoms. The molecule has 203 valence electrons. The van der Waals surface area contributed by atoms with E-state index < -0.39 is 0 Å².